The number of primary amides is 1. The Labute approximate surface area is 191 Å². The van der Waals surface area contributed by atoms with Crippen LogP contribution in [0.5, 0.6) is 5.75 Å². The van der Waals surface area contributed by atoms with Crippen LogP contribution >= 0.6 is 0 Å². The minimum Gasteiger partial charge on any atom is -0.508 e. The van der Waals surface area contributed by atoms with E-state index in [-0.39, 0.29) is 18.1 Å². The minimum absolute atomic E-state index is 0.0794. The van der Waals surface area contributed by atoms with Crippen LogP contribution in [0.1, 0.15) is 32.8 Å². The summed E-state index contributed by atoms with van der Waals surface area (Å²) in [5.41, 5.74) is 11.6. The molecule has 0 aliphatic carbocycles. The fraction of sp³-hybridized carbons (Fsp3) is 0.476. The quantitative estimate of drug-likeness (QED) is 0.189. The number of aliphatic carboxylic acids is 1. The summed E-state index contributed by atoms with van der Waals surface area (Å²) in [4.78, 5) is 59.6. The third kappa shape index (κ3) is 9.15. The summed E-state index contributed by atoms with van der Waals surface area (Å²) in [6, 6.07) is 1.51. The number of hydrogen-bond acceptors (Lipinski definition) is 7. The van der Waals surface area contributed by atoms with Gasteiger partial charge in [-0.1, -0.05) is 26.0 Å². The molecule has 4 atom stereocenters. The number of carbonyl (C=O) groups excluding carboxylic acids is 4. The lowest BCUT2D eigenvalue weighted by Crippen LogP contribution is -2.58. The molecule has 0 saturated carbocycles. The fourth-order valence-corrected chi connectivity index (χ4v) is 2.84. The lowest BCUT2D eigenvalue weighted by molar-refractivity contribution is -0.143. The highest BCUT2D eigenvalue weighted by Crippen LogP contribution is 2.11. The number of carboxylic acid groups (broad SMARTS) is 1. The molecule has 182 valence electrons. The number of hydrogen-bond donors (Lipinski definition) is 7. The molecular weight excluding hydrogens is 434 g/mol. The maximum Gasteiger partial charge on any atom is 0.326 e. The fourth-order valence-electron chi connectivity index (χ4n) is 2.84. The van der Waals surface area contributed by atoms with E-state index in [9.17, 15) is 29.1 Å². The number of rotatable bonds is 12. The Bertz CT molecular complexity index is 872. The van der Waals surface area contributed by atoms with Gasteiger partial charge >= 0.3 is 5.97 Å². The second-order valence-electron chi connectivity index (χ2n) is 8.01. The number of benzene rings is 1. The van der Waals surface area contributed by atoms with Crippen LogP contribution in [0.25, 0.3) is 0 Å². The molecule has 12 heteroatoms. The number of amides is 4. The second-order valence-corrected chi connectivity index (χ2v) is 8.01. The molecular formula is C21H31N5O7. The van der Waals surface area contributed by atoms with E-state index in [0.29, 0.717) is 0 Å². The highest BCUT2D eigenvalue weighted by atomic mass is 16.4. The van der Waals surface area contributed by atoms with E-state index in [4.69, 9.17) is 16.6 Å². The predicted octanol–water partition coefficient (Wildman–Crippen LogP) is -1.65. The number of carbonyl (C=O) groups is 5. The average molecular weight is 466 g/mol. The Morgan fingerprint density at radius 2 is 1.48 bits per heavy atom. The van der Waals surface area contributed by atoms with Gasteiger partial charge in [-0.15, -0.1) is 0 Å². The van der Waals surface area contributed by atoms with Crippen molar-refractivity contribution in [1.82, 2.24) is 16.0 Å². The largest absolute Gasteiger partial charge is 0.508 e. The van der Waals surface area contributed by atoms with E-state index in [0.717, 1.165) is 5.56 Å². The first kappa shape index (κ1) is 27.4. The monoisotopic (exact) mass is 465 g/mol. The minimum atomic E-state index is -1.53. The Morgan fingerprint density at radius 1 is 0.909 bits per heavy atom. The first-order valence-electron chi connectivity index (χ1n) is 10.3. The highest BCUT2D eigenvalue weighted by Gasteiger charge is 2.30. The lowest BCUT2D eigenvalue weighted by Gasteiger charge is -2.25. The third-order valence-electron chi connectivity index (χ3n) is 4.75. The lowest BCUT2D eigenvalue weighted by atomic mass is 10.0. The van der Waals surface area contributed by atoms with Crippen LogP contribution in [-0.4, -0.2) is 64.0 Å². The van der Waals surface area contributed by atoms with Gasteiger partial charge in [-0.3, -0.25) is 19.2 Å². The summed E-state index contributed by atoms with van der Waals surface area (Å²) in [6.45, 7) is 4.70. The molecule has 0 fully saturated rings. The third-order valence-corrected chi connectivity index (χ3v) is 4.75. The number of nitrogens with two attached hydrogens (primary N) is 2. The second kappa shape index (κ2) is 12.4. The van der Waals surface area contributed by atoms with E-state index >= 15 is 0 Å². The number of carboxylic acids is 1. The maximum absolute atomic E-state index is 12.7. The van der Waals surface area contributed by atoms with E-state index < -0.39 is 60.2 Å². The zero-order chi connectivity index (χ0) is 25.3. The van der Waals surface area contributed by atoms with E-state index in [1.165, 1.54) is 19.1 Å². The first-order chi connectivity index (χ1) is 15.3. The predicted molar refractivity (Wildman–Crippen MR) is 118 cm³/mol. The number of aromatic hydroxyl groups is 1. The molecule has 12 nitrogen and oxygen atoms in total. The van der Waals surface area contributed by atoms with Crippen molar-refractivity contribution in [3.63, 3.8) is 0 Å². The zero-order valence-corrected chi connectivity index (χ0v) is 18.7. The van der Waals surface area contributed by atoms with Crippen LogP contribution in [0.2, 0.25) is 0 Å². The SMILES string of the molecule is CC(NC(=O)C(NC(=O)C(N)Cc1ccc(O)cc1)C(C)C)C(=O)NC(CC(N)=O)C(=O)O. The van der Waals surface area contributed by atoms with Crippen LogP contribution in [0.4, 0.5) is 0 Å². The van der Waals surface area contributed by atoms with Crippen molar-refractivity contribution in [3.05, 3.63) is 29.8 Å². The van der Waals surface area contributed by atoms with Crippen molar-refractivity contribution >= 4 is 29.6 Å². The van der Waals surface area contributed by atoms with E-state index in [1.807, 2.05) is 0 Å². The van der Waals surface area contributed by atoms with Gasteiger partial charge in [0.05, 0.1) is 12.5 Å². The molecule has 4 amide bonds. The molecule has 0 bridgehead atoms. The van der Waals surface area contributed by atoms with Gasteiger partial charge in [0.1, 0.15) is 23.9 Å². The number of nitrogens with one attached hydrogen (secondary N) is 3. The van der Waals surface area contributed by atoms with E-state index in [1.54, 1.807) is 26.0 Å². The van der Waals surface area contributed by atoms with E-state index in [2.05, 4.69) is 16.0 Å². The van der Waals surface area contributed by atoms with Crippen molar-refractivity contribution in [1.29, 1.82) is 0 Å². The number of phenolic OH excluding ortho intramolecular Hbond substituents is 1. The summed E-state index contributed by atoms with van der Waals surface area (Å²) in [6.07, 6.45) is -0.431. The van der Waals surface area contributed by atoms with Crippen molar-refractivity contribution in [2.45, 2.75) is 57.8 Å². The van der Waals surface area contributed by atoms with Gasteiger partial charge in [0, 0.05) is 0 Å². The molecule has 0 aromatic heterocycles. The summed E-state index contributed by atoms with van der Waals surface area (Å²) in [5, 5.41) is 25.5. The zero-order valence-electron chi connectivity index (χ0n) is 18.7. The molecule has 1 aromatic rings. The Morgan fingerprint density at radius 3 is 1.97 bits per heavy atom. The molecule has 33 heavy (non-hydrogen) atoms. The van der Waals surface area contributed by atoms with Gasteiger partial charge in [0.2, 0.25) is 23.6 Å². The van der Waals surface area contributed by atoms with Gasteiger partial charge in [-0.05, 0) is 37.0 Å². The van der Waals surface area contributed by atoms with Gasteiger partial charge < -0.3 is 37.6 Å². The van der Waals surface area contributed by atoms with Crippen molar-refractivity contribution in [2.75, 3.05) is 0 Å². The van der Waals surface area contributed by atoms with Crippen LogP contribution in [-0.2, 0) is 30.4 Å². The molecule has 4 unspecified atom stereocenters. The Balaban J connectivity index is 2.74. The standard InChI is InChI=1S/C21H31N5O7/c1-10(2)17(26-19(30)14(22)8-12-4-6-13(27)7-5-12)20(31)24-11(3)18(29)25-15(21(32)33)9-16(23)28/h4-7,10-11,14-15,17,27H,8-9,22H2,1-3H3,(H2,23,28)(H,24,31)(H,25,29)(H,26,30)(H,32,33). The normalized spacial score (nSPS) is 14.5. The van der Waals surface area contributed by atoms with Crippen LogP contribution in [0.3, 0.4) is 0 Å². The average Bonchev–Trinajstić information content (AvgIpc) is 2.71. The summed E-state index contributed by atoms with van der Waals surface area (Å²) in [7, 11) is 0. The van der Waals surface area contributed by atoms with Crippen LogP contribution in [0.15, 0.2) is 24.3 Å². The highest BCUT2D eigenvalue weighted by molar-refractivity contribution is 5.94. The van der Waals surface area contributed by atoms with Gasteiger partial charge in [0.15, 0.2) is 0 Å². The topological polar surface area (TPSA) is 214 Å². The molecule has 1 aromatic carbocycles. The smallest absolute Gasteiger partial charge is 0.326 e. The summed E-state index contributed by atoms with van der Waals surface area (Å²) in [5.74, 6) is -4.72. The first-order valence-corrected chi connectivity index (χ1v) is 10.3. The van der Waals surface area contributed by atoms with Crippen LogP contribution in [0, 0.1) is 5.92 Å². The summed E-state index contributed by atoms with van der Waals surface area (Å²) >= 11 is 0. The molecule has 1 rings (SSSR count). The molecule has 0 aliphatic heterocycles. The van der Waals surface area contributed by atoms with Crippen molar-refractivity contribution < 1.29 is 34.2 Å². The van der Waals surface area contributed by atoms with Gasteiger partial charge in [0.25, 0.3) is 0 Å². The Kier molecular flexibility index (Phi) is 10.3. The van der Waals surface area contributed by atoms with Crippen LogP contribution < -0.4 is 27.4 Å². The van der Waals surface area contributed by atoms with Crippen molar-refractivity contribution in [3.8, 4) is 5.75 Å². The molecule has 0 saturated heterocycles. The Hall–Kier alpha value is -3.67. The molecule has 9 N–H and O–H groups in total. The summed E-state index contributed by atoms with van der Waals surface area (Å²) < 4.78 is 0. The maximum atomic E-state index is 12.7. The van der Waals surface area contributed by atoms with Crippen molar-refractivity contribution in [2.24, 2.45) is 17.4 Å². The van der Waals surface area contributed by atoms with Gasteiger partial charge in [-0.25, -0.2) is 4.79 Å². The van der Waals surface area contributed by atoms with Gasteiger partial charge in [-0.2, -0.15) is 0 Å². The molecule has 0 heterocycles. The molecule has 0 spiro atoms. The molecule has 0 aliphatic rings. The molecule has 0 radical (unpaired) electrons. The number of phenols is 1.